The van der Waals surface area contributed by atoms with Crippen molar-refractivity contribution in [1.29, 1.82) is 0 Å². The number of nitrogens with one attached hydrogen (secondary N) is 2. The number of nitrogens with two attached hydrogens (primary N) is 1. The highest BCUT2D eigenvalue weighted by Crippen LogP contribution is 2.10. The summed E-state index contributed by atoms with van der Waals surface area (Å²) in [5.41, 5.74) is 6.10. The molecule has 0 aliphatic heterocycles. The van der Waals surface area contributed by atoms with Gasteiger partial charge >= 0.3 is 0 Å². The first-order valence-electron chi connectivity index (χ1n) is 7.41. The van der Waals surface area contributed by atoms with E-state index in [1.165, 1.54) is 0 Å². The van der Waals surface area contributed by atoms with Crippen LogP contribution in [0.1, 0.15) is 31.1 Å². The van der Waals surface area contributed by atoms with Crippen molar-refractivity contribution in [3.63, 3.8) is 0 Å². The van der Waals surface area contributed by atoms with E-state index in [4.69, 9.17) is 5.73 Å². The van der Waals surface area contributed by atoms with Crippen molar-refractivity contribution in [1.82, 2.24) is 10.2 Å². The zero-order chi connectivity index (χ0) is 17.6. The van der Waals surface area contributed by atoms with Gasteiger partial charge in [-0.25, -0.2) is 0 Å². The van der Waals surface area contributed by atoms with Gasteiger partial charge < -0.3 is 16.4 Å². The van der Waals surface area contributed by atoms with Crippen molar-refractivity contribution in [3.05, 3.63) is 29.8 Å². The number of anilines is 1. The van der Waals surface area contributed by atoms with Gasteiger partial charge in [0, 0.05) is 17.3 Å². The minimum absolute atomic E-state index is 0.0591. The zero-order valence-electron chi connectivity index (χ0n) is 13.9. The maximum Gasteiger partial charge on any atom is 0.248 e. The Kier molecular flexibility index (Phi) is 6.71. The standard InChI is InChI=1S/C16H24N4O3/c1-10(2)18-14(21)9-20(4)11(3)16(23)19-13-7-5-12(6-8-13)15(17)22/h5-8,10-11H,9H2,1-4H3,(H2,17,22)(H,18,21)(H,19,23)/t11-/m0/s1. The van der Waals surface area contributed by atoms with Crippen LogP contribution in [-0.2, 0) is 9.59 Å². The molecule has 1 atom stereocenters. The number of carbonyl (C=O) groups is 3. The summed E-state index contributed by atoms with van der Waals surface area (Å²) in [4.78, 5) is 36.6. The van der Waals surface area contributed by atoms with E-state index < -0.39 is 11.9 Å². The number of rotatable bonds is 7. The van der Waals surface area contributed by atoms with Gasteiger partial charge in [0.05, 0.1) is 12.6 Å². The van der Waals surface area contributed by atoms with E-state index in [2.05, 4.69) is 10.6 Å². The van der Waals surface area contributed by atoms with Gasteiger partial charge in [0.1, 0.15) is 0 Å². The average molecular weight is 320 g/mol. The first-order valence-corrected chi connectivity index (χ1v) is 7.41. The molecule has 0 unspecified atom stereocenters. The summed E-state index contributed by atoms with van der Waals surface area (Å²) in [5, 5.41) is 5.52. The largest absolute Gasteiger partial charge is 0.366 e. The molecule has 0 saturated carbocycles. The van der Waals surface area contributed by atoms with Gasteiger partial charge in [-0.15, -0.1) is 0 Å². The Labute approximate surface area is 136 Å². The number of benzene rings is 1. The molecule has 7 heteroatoms. The molecule has 0 fully saturated rings. The summed E-state index contributed by atoms with van der Waals surface area (Å²) in [7, 11) is 1.71. The van der Waals surface area contributed by atoms with Crippen molar-refractivity contribution in [2.24, 2.45) is 5.73 Å². The number of primary amides is 1. The lowest BCUT2D eigenvalue weighted by Crippen LogP contribution is -2.45. The lowest BCUT2D eigenvalue weighted by molar-refractivity contribution is -0.125. The number of carbonyl (C=O) groups excluding carboxylic acids is 3. The van der Waals surface area contributed by atoms with Crippen molar-refractivity contribution < 1.29 is 14.4 Å². The molecule has 0 saturated heterocycles. The van der Waals surface area contributed by atoms with E-state index in [9.17, 15) is 14.4 Å². The highest BCUT2D eigenvalue weighted by atomic mass is 16.2. The van der Waals surface area contributed by atoms with Crippen molar-refractivity contribution in [2.45, 2.75) is 32.9 Å². The highest BCUT2D eigenvalue weighted by molar-refractivity contribution is 5.96. The summed E-state index contributed by atoms with van der Waals surface area (Å²) < 4.78 is 0. The SMILES string of the molecule is CC(C)NC(=O)CN(C)[C@@H](C)C(=O)Nc1ccc(C(N)=O)cc1. The average Bonchev–Trinajstić information content (AvgIpc) is 2.45. The second-order valence-electron chi connectivity index (χ2n) is 5.74. The molecule has 0 aromatic heterocycles. The van der Waals surface area contributed by atoms with E-state index in [0.717, 1.165) is 0 Å². The number of hydrogen-bond acceptors (Lipinski definition) is 4. The molecule has 0 heterocycles. The van der Waals surface area contributed by atoms with Crippen molar-refractivity contribution >= 4 is 23.4 Å². The molecule has 4 N–H and O–H groups in total. The maximum absolute atomic E-state index is 12.2. The molecular weight excluding hydrogens is 296 g/mol. The Hall–Kier alpha value is -2.41. The summed E-state index contributed by atoms with van der Waals surface area (Å²) in [5.74, 6) is -0.892. The Morgan fingerprint density at radius 1 is 1.13 bits per heavy atom. The second-order valence-corrected chi connectivity index (χ2v) is 5.74. The Morgan fingerprint density at radius 3 is 2.17 bits per heavy atom. The minimum atomic E-state index is -0.521. The first kappa shape index (κ1) is 18.6. The summed E-state index contributed by atoms with van der Waals surface area (Å²) >= 11 is 0. The van der Waals surface area contributed by atoms with Crippen LogP contribution in [-0.4, -0.2) is 48.3 Å². The van der Waals surface area contributed by atoms with E-state index in [0.29, 0.717) is 11.3 Å². The second kappa shape index (κ2) is 8.28. The van der Waals surface area contributed by atoms with E-state index >= 15 is 0 Å². The molecule has 1 aromatic carbocycles. The Balaban J connectivity index is 2.58. The van der Waals surface area contributed by atoms with E-state index in [1.807, 2.05) is 13.8 Å². The predicted octanol–water partition coefficient (Wildman–Crippen LogP) is 0.569. The van der Waals surface area contributed by atoms with Crippen LogP contribution in [0.4, 0.5) is 5.69 Å². The molecule has 3 amide bonds. The Bertz CT molecular complexity index is 569. The number of likely N-dealkylation sites (N-methyl/N-ethyl adjacent to an activating group) is 1. The molecule has 126 valence electrons. The van der Waals surface area contributed by atoms with Crippen LogP contribution in [0.5, 0.6) is 0 Å². The molecular formula is C16H24N4O3. The zero-order valence-corrected chi connectivity index (χ0v) is 13.9. The molecule has 0 spiro atoms. The molecule has 0 aliphatic rings. The lowest BCUT2D eigenvalue weighted by atomic mass is 10.2. The quantitative estimate of drug-likeness (QED) is 0.683. The van der Waals surface area contributed by atoms with Crippen molar-refractivity contribution in [2.75, 3.05) is 18.9 Å². The van der Waals surface area contributed by atoms with Crippen LogP contribution < -0.4 is 16.4 Å². The predicted molar refractivity (Wildman–Crippen MR) is 89.0 cm³/mol. The van der Waals surface area contributed by atoms with E-state index in [-0.39, 0.29) is 24.4 Å². The number of nitrogens with zero attached hydrogens (tertiary/aromatic N) is 1. The van der Waals surface area contributed by atoms with Gasteiger partial charge in [-0.1, -0.05) is 0 Å². The summed E-state index contributed by atoms with van der Waals surface area (Å²) in [6, 6.07) is 5.88. The summed E-state index contributed by atoms with van der Waals surface area (Å²) in [6.07, 6.45) is 0. The molecule has 0 bridgehead atoms. The molecule has 0 aliphatic carbocycles. The molecule has 0 radical (unpaired) electrons. The third kappa shape index (κ3) is 6.07. The van der Waals surface area contributed by atoms with Crippen LogP contribution in [0.3, 0.4) is 0 Å². The molecule has 1 rings (SSSR count). The van der Waals surface area contributed by atoms with Gasteiger partial charge in [0.25, 0.3) is 0 Å². The van der Waals surface area contributed by atoms with Crippen LogP contribution in [0, 0.1) is 0 Å². The third-order valence-corrected chi connectivity index (χ3v) is 3.32. The van der Waals surface area contributed by atoms with Crippen LogP contribution in [0.15, 0.2) is 24.3 Å². The number of hydrogen-bond donors (Lipinski definition) is 3. The van der Waals surface area contributed by atoms with Crippen molar-refractivity contribution in [3.8, 4) is 0 Å². The van der Waals surface area contributed by atoms with Crippen LogP contribution >= 0.6 is 0 Å². The topological polar surface area (TPSA) is 105 Å². The van der Waals surface area contributed by atoms with E-state index in [1.54, 1.807) is 43.1 Å². The minimum Gasteiger partial charge on any atom is -0.366 e. The maximum atomic E-state index is 12.2. The summed E-state index contributed by atoms with van der Waals surface area (Å²) in [6.45, 7) is 5.61. The molecule has 23 heavy (non-hydrogen) atoms. The smallest absolute Gasteiger partial charge is 0.248 e. The lowest BCUT2D eigenvalue weighted by Gasteiger charge is -2.23. The van der Waals surface area contributed by atoms with Crippen LogP contribution in [0.2, 0.25) is 0 Å². The first-order chi connectivity index (χ1) is 10.7. The number of amides is 3. The monoisotopic (exact) mass is 320 g/mol. The normalized spacial score (nSPS) is 12.1. The van der Waals surface area contributed by atoms with Gasteiger partial charge in [-0.05, 0) is 52.1 Å². The fourth-order valence-electron chi connectivity index (χ4n) is 1.90. The Morgan fingerprint density at radius 2 is 1.70 bits per heavy atom. The highest BCUT2D eigenvalue weighted by Gasteiger charge is 2.20. The van der Waals surface area contributed by atoms with Gasteiger partial charge in [-0.2, -0.15) is 0 Å². The van der Waals surface area contributed by atoms with Crippen LogP contribution in [0.25, 0.3) is 0 Å². The van der Waals surface area contributed by atoms with Gasteiger partial charge in [-0.3, -0.25) is 19.3 Å². The molecule has 1 aromatic rings. The third-order valence-electron chi connectivity index (χ3n) is 3.32. The van der Waals surface area contributed by atoms with Gasteiger partial charge in [0.15, 0.2) is 0 Å². The fraction of sp³-hybridized carbons (Fsp3) is 0.438. The molecule has 7 nitrogen and oxygen atoms in total. The fourth-order valence-corrected chi connectivity index (χ4v) is 1.90. The van der Waals surface area contributed by atoms with Gasteiger partial charge in [0.2, 0.25) is 17.7 Å².